The highest BCUT2D eigenvalue weighted by atomic mass is 35.5. The summed E-state index contributed by atoms with van der Waals surface area (Å²) in [6.07, 6.45) is 6.97. The van der Waals surface area contributed by atoms with Gasteiger partial charge in [-0.3, -0.25) is 15.0 Å². The molecular weight excluding hydrogens is 531 g/mol. The summed E-state index contributed by atoms with van der Waals surface area (Å²) in [6.45, 7) is 6.38. The molecule has 0 spiro atoms. The minimum Gasteiger partial charge on any atom is -0.486 e. The van der Waals surface area contributed by atoms with Gasteiger partial charge in [-0.15, -0.1) is 0 Å². The summed E-state index contributed by atoms with van der Waals surface area (Å²) in [6, 6.07) is 18.9. The Hall–Kier alpha value is -3.42. The molecule has 6 nitrogen and oxygen atoms in total. The number of ether oxygens (including phenoxy) is 2. The Kier molecular flexibility index (Phi) is 7.53. The molecule has 0 radical (unpaired) electrons. The van der Waals surface area contributed by atoms with Crippen molar-refractivity contribution in [3.8, 4) is 5.75 Å². The van der Waals surface area contributed by atoms with E-state index in [0.717, 1.165) is 55.0 Å². The number of aromatic nitrogens is 3. The number of rotatable bonds is 7. The second-order valence-electron chi connectivity index (χ2n) is 9.67. The molecule has 1 unspecified atom stereocenters. The summed E-state index contributed by atoms with van der Waals surface area (Å²) in [7, 11) is 0. The van der Waals surface area contributed by atoms with Gasteiger partial charge in [0.1, 0.15) is 11.9 Å². The zero-order valence-corrected chi connectivity index (χ0v) is 23.0. The largest absolute Gasteiger partial charge is 0.486 e. The molecule has 3 aromatic carbocycles. The van der Waals surface area contributed by atoms with E-state index in [1.807, 2.05) is 31.2 Å². The Morgan fingerprint density at radius 2 is 1.74 bits per heavy atom. The molecule has 39 heavy (non-hydrogen) atoms. The molecule has 6 rings (SSSR count). The summed E-state index contributed by atoms with van der Waals surface area (Å²) in [5, 5.41) is 12.1. The summed E-state index contributed by atoms with van der Waals surface area (Å²) in [5.74, 6) is 0.702. The van der Waals surface area contributed by atoms with Crippen molar-refractivity contribution in [3.63, 3.8) is 0 Å². The van der Waals surface area contributed by atoms with Crippen LogP contribution in [0.5, 0.6) is 5.75 Å². The third-order valence-corrected chi connectivity index (χ3v) is 7.74. The van der Waals surface area contributed by atoms with Crippen LogP contribution in [0.3, 0.4) is 0 Å². The van der Waals surface area contributed by atoms with Gasteiger partial charge in [0.25, 0.3) is 0 Å². The fourth-order valence-corrected chi connectivity index (χ4v) is 5.80. The van der Waals surface area contributed by atoms with Crippen molar-refractivity contribution in [2.45, 2.75) is 19.6 Å². The standard InChI is InChI=1S/C31H28Cl2N4O2/c1-20(31-27(32)17-34-18-28(31)33)39-23-9-11-30-26(16-23)29(35-36-30)10-8-21-6-7-22(19-37-12-14-38-15-13-37)25-5-3-2-4-24(21)25/h2-11,16-18,20H,12-15,19H2,1H3,(H,35,36)/b10-8+. The van der Waals surface area contributed by atoms with E-state index >= 15 is 0 Å². The van der Waals surface area contributed by atoms with E-state index in [9.17, 15) is 0 Å². The Labute approximate surface area is 237 Å². The van der Waals surface area contributed by atoms with Gasteiger partial charge in [0.2, 0.25) is 0 Å². The number of nitrogens with one attached hydrogen (secondary N) is 1. The lowest BCUT2D eigenvalue weighted by Gasteiger charge is -2.27. The molecule has 1 aliphatic rings. The van der Waals surface area contributed by atoms with Gasteiger partial charge < -0.3 is 9.47 Å². The Morgan fingerprint density at radius 3 is 2.54 bits per heavy atom. The smallest absolute Gasteiger partial charge is 0.124 e. The van der Waals surface area contributed by atoms with E-state index in [2.05, 4.69) is 62.6 Å². The molecule has 0 bridgehead atoms. The van der Waals surface area contributed by atoms with E-state index < -0.39 is 0 Å². The van der Waals surface area contributed by atoms with Crippen LogP contribution in [-0.4, -0.2) is 46.4 Å². The van der Waals surface area contributed by atoms with Gasteiger partial charge >= 0.3 is 0 Å². The number of halogens is 2. The molecule has 1 fully saturated rings. The minimum atomic E-state index is -0.348. The molecule has 0 amide bonds. The number of pyridine rings is 1. The number of benzene rings is 3. The highest BCUT2D eigenvalue weighted by Crippen LogP contribution is 2.34. The highest BCUT2D eigenvalue weighted by Gasteiger charge is 2.17. The van der Waals surface area contributed by atoms with Gasteiger partial charge in [0, 0.05) is 43.0 Å². The molecule has 2 aromatic heterocycles. The van der Waals surface area contributed by atoms with Crippen molar-refractivity contribution in [1.29, 1.82) is 0 Å². The molecule has 5 aromatic rings. The maximum Gasteiger partial charge on any atom is 0.124 e. The Balaban J connectivity index is 1.27. The lowest BCUT2D eigenvalue weighted by Crippen LogP contribution is -2.35. The Bertz CT molecular complexity index is 1640. The van der Waals surface area contributed by atoms with E-state index in [4.69, 9.17) is 32.7 Å². The summed E-state index contributed by atoms with van der Waals surface area (Å²) >= 11 is 12.7. The molecule has 0 aliphatic carbocycles. The third kappa shape index (κ3) is 5.52. The van der Waals surface area contributed by atoms with Crippen LogP contribution < -0.4 is 4.74 Å². The van der Waals surface area contributed by atoms with Crippen LogP contribution in [0.25, 0.3) is 33.8 Å². The number of nitrogens with zero attached hydrogens (tertiary/aromatic N) is 3. The van der Waals surface area contributed by atoms with Crippen molar-refractivity contribution in [3.05, 3.63) is 99.4 Å². The van der Waals surface area contributed by atoms with Gasteiger partial charge in [-0.2, -0.15) is 5.10 Å². The van der Waals surface area contributed by atoms with Gasteiger partial charge in [0.05, 0.1) is 34.5 Å². The average Bonchev–Trinajstić information content (AvgIpc) is 3.35. The van der Waals surface area contributed by atoms with E-state index in [1.165, 1.54) is 16.3 Å². The predicted octanol–water partition coefficient (Wildman–Crippen LogP) is 7.56. The number of H-pyrrole nitrogens is 1. The van der Waals surface area contributed by atoms with Crippen LogP contribution in [0, 0.1) is 0 Å². The quantitative estimate of drug-likeness (QED) is 0.223. The summed E-state index contributed by atoms with van der Waals surface area (Å²) in [5.41, 5.74) is 4.96. The number of aromatic amines is 1. The van der Waals surface area contributed by atoms with Crippen molar-refractivity contribution < 1.29 is 9.47 Å². The summed E-state index contributed by atoms with van der Waals surface area (Å²) < 4.78 is 11.7. The SMILES string of the molecule is CC(Oc1ccc2[nH]nc(/C=C/c3ccc(CN4CCOCC4)c4ccccc34)c2c1)c1c(Cl)cncc1Cl. The number of fused-ring (bicyclic) bond motifs is 2. The number of hydrogen-bond donors (Lipinski definition) is 1. The van der Waals surface area contributed by atoms with E-state index in [0.29, 0.717) is 21.4 Å². The van der Waals surface area contributed by atoms with Crippen LogP contribution in [0.4, 0.5) is 0 Å². The van der Waals surface area contributed by atoms with Gasteiger partial charge in [-0.1, -0.05) is 65.7 Å². The van der Waals surface area contributed by atoms with Crippen LogP contribution in [0.1, 0.15) is 35.4 Å². The molecule has 3 heterocycles. The highest BCUT2D eigenvalue weighted by molar-refractivity contribution is 6.35. The first kappa shape index (κ1) is 25.8. The third-order valence-electron chi connectivity index (χ3n) is 7.14. The van der Waals surface area contributed by atoms with Gasteiger partial charge in [-0.05, 0) is 53.1 Å². The topological polar surface area (TPSA) is 63.3 Å². The molecule has 0 saturated carbocycles. The maximum absolute atomic E-state index is 6.33. The van der Waals surface area contributed by atoms with Crippen LogP contribution >= 0.6 is 23.2 Å². The minimum absolute atomic E-state index is 0.348. The zero-order chi connectivity index (χ0) is 26.8. The van der Waals surface area contributed by atoms with E-state index in [1.54, 1.807) is 12.4 Å². The first-order valence-corrected chi connectivity index (χ1v) is 13.7. The molecule has 1 saturated heterocycles. The van der Waals surface area contributed by atoms with Crippen molar-refractivity contribution >= 4 is 57.0 Å². The first-order chi connectivity index (χ1) is 19.1. The van der Waals surface area contributed by atoms with Crippen molar-refractivity contribution in [2.24, 2.45) is 0 Å². The fraction of sp³-hybridized carbons (Fsp3) is 0.226. The van der Waals surface area contributed by atoms with Crippen LogP contribution in [-0.2, 0) is 11.3 Å². The summed E-state index contributed by atoms with van der Waals surface area (Å²) in [4.78, 5) is 6.48. The molecule has 1 N–H and O–H groups in total. The molecule has 8 heteroatoms. The number of hydrogen-bond acceptors (Lipinski definition) is 5. The van der Waals surface area contributed by atoms with Crippen LogP contribution in [0.15, 0.2) is 67.0 Å². The second-order valence-corrected chi connectivity index (χ2v) is 10.5. The lowest BCUT2D eigenvalue weighted by atomic mass is 9.98. The molecule has 1 atom stereocenters. The molecule has 198 valence electrons. The van der Waals surface area contributed by atoms with E-state index in [-0.39, 0.29) is 6.10 Å². The predicted molar refractivity (Wildman–Crippen MR) is 158 cm³/mol. The Morgan fingerprint density at radius 1 is 0.974 bits per heavy atom. The first-order valence-electron chi connectivity index (χ1n) is 13.0. The van der Waals surface area contributed by atoms with Gasteiger partial charge in [-0.25, -0.2) is 0 Å². The van der Waals surface area contributed by atoms with Crippen molar-refractivity contribution in [2.75, 3.05) is 26.3 Å². The van der Waals surface area contributed by atoms with Crippen LogP contribution in [0.2, 0.25) is 10.0 Å². The molecular formula is C31H28Cl2N4O2. The monoisotopic (exact) mass is 558 g/mol. The van der Waals surface area contributed by atoms with Gasteiger partial charge in [0.15, 0.2) is 0 Å². The molecule has 1 aliphatic heterocycles. The number of morpholine rings is 1. The fourth-order valence-electron chi connectivity index (χ4n) is 5.12. The second kappa shape index (κ2) is 11.4. The normalized spacial score (nSPS) is 15.4. The lowest BCUT2D eigenvalue weighted by molar-refractivity contribution is 0.0344. The van der Waals surface area contributed by atoms with Crippen molar-refractivity contribution in [1.82, 2.24) is 20.1 Å². The zero-order valence-electron chi connectivity index (χ0n) is 21.5. The average molecular weight is 559 g/mol. The maximum atomic E-state index is 6.33.